The van der Waals surface area contributed by atoms with Gasteiger partial charge < -0.3 is 10.4 Å². The lowest BCUT2D eigenvalue weighted by Gasteiger charge is -2.10. The van der Waals surface area contributed by atoms with Crippen LogP contribution in [0.25, 0.3) is 0 Å². The SMILES string of the molecule is CCC(C)=N/C=C(\C)C(=O)Nc1cc(C(F)(F)F)c(O)cn1. The Bertz CT molecular complexity index is 622. The fourth-order valence-corrected chi connectivity index (χ4v) is 1.32. The lowest BCUT2D eigenvalue weighted by Crippen LogP contribution is -2.15. The summed E-state index contributed by atoms with van der Waals surface area (Å²) in [6.07, 6.45) is -2.05. The smallest absolute Gasteiger partial charge is 0.420 e. The van der Waals surface area contributed by atoms with E-state index in [2.05, 4.69) is 15.3 Å². The Hall–Kier alpha value is -2.38. The molecule has 0 saturated carbocycles. The van der Waals surface area contributed by atoms with Crippen molar-refractivity contribution in [1.82, 2.24) is 4.98 Å². The number of nitrogens with one attached hydrogen (secondary N) is 1. The largest absolute Gasteiger partial charge is 0.506 e. The van der Waals surface area contributed by atoms with Crippen molar-refractivity contribution < 1.29 is 23.1 Å². The van der Waals surface area contributed by atoms with E-state index in [9.17, 15) is 18.0 Å². The van der Waals surface area contributed by atoms with E-state index in [1.165, 1.54) is 13.1 Å². The van der Waals surface area contributed by atoms with Gasteiger partial charge in [-0.15, -0.1) is 0 Å². The van der Waals surface area contributed by atoms with E-state index in [-0.39, 0.29) is 11.4 Å². The molecule has 0 bridgehead atoms. The summed E-state index contributed by atoms with van der Waals surface area (Å²) in [5.74, 6) is -1.93. The number of hydrogen-bond donors (Lipinski definition) is 2. The maximum atomic E-state index is 12.6. The predicted octanol–water partition coefficient (Wildman–Crippen LogP) is 3.52. The van der Waals surface area contributed by atoms with Crippen LogP contribution in [0.4, 0.5) is 19.0 Å². The summed E-state index contributed by atoms with van der Waals surface area (Å²) < 4.78 is 37.9. The van der Waals surface area contributed by atoms with Crippen LogP contribution in [0.2, 0.25) is 0 Å². The van der Waals surface area contributed by atoms with Gasteiger partial charge in [-0.25, -0.2) is 4.98 Å². The molecule has 1 aromatic heterocycles. The van der Waals surface area contributed by atoms with Gasteiger partial charge in [0.1, 0.15) is 17.1 Å². The van der Waals surface area contributed by atoms with Gasteiger partial charge in [0.2, 0.25) is 0 Å². The van der Waals surface area contributed by atoms with Crippen molar-refractivity contribution in [2.75, 3.05) is 5.32 Å². The van der Waals surface area contributed by atoms with E-state index < -0.39 is 23.4 Å². The molecule has 1 amide bonds. The highest BCUT2D eigenvalue weighted by Crippen LogP contribution is 2.36. The van der Waals surface area contributed by atoms with Crippen LogP contribution < -0.4 is 5.32 Å². The molecular formula is C14H16F3N3O2. The van der Waals surface area contributed by atoms with Crippen molar-refractivity contribution in [3.8, 4) is 5.75 Å². The van der Waals surface area contributed by atoms with E-state index in [0.717, 1.165) is 12.1 Å². The number of pyridine rings is 1. The molecule has 5 nitrogen and oxygen atoms in total. The van der Waals surface area contributed by atoms with Crippen LogP contribution in [0, 0.1) is 0 Å². The number of halogens is 3. The molecule has 8 heteroatoms. The molecule has 0 spiro atoms. The molecule has 0 aliphatic heterocycles. The highest BCUT2D eigenvalue weighted by atomic mass is 19.4. The number of anilines is 1. The molecule has 0 unspecified atom stereocenters. The van der Waals surface area contributed by atoms with E-state index in [1.54, 1.807) is 6.92 Å². The van der Waals surface area contributed by atoms with Crippen LogP contribution in [0.15, 0.2) is 29.0 Å². The first-order valence-corrected chi connectivity index (χ1v) is 6.42. The summed E-state index contributed by atoms with van der Waals surface area (Å²) in [5.41, 5.74) is -0.232. The quantitative estimate of drug-likeness (QED) is 0.659. The number of carbonyl (C=O) groups is 1. The molecule has 2 N–H and O–H groups in total. The standard InChI is InChI=1S/C14H16F3N3O2/c1-4-9(3)18-6-8(2)13(22)20-12-5-10(14(15,16)17)11(21)7-19-12/h5-7,21H,4H2,1-3H3,(H,19,20,22)/b8-6+,18-9?. The fourth-order valence-electron chi connectivity index (χ4n) is 1.32. The molecule has 1 heterocycles. The Morgan fingerprint density at radius 3 is 2.64 bits per heavy atom. The molecule has 0 fully saturated rings. The highest BCUT2D eigenvalue weighted by molar-refractivity contribution is 6.03. The number of amides is 1. The average Bonchev–Trinajstić information content (AvgIpc) is 2.44. The maximum Gasteiger partial charge on any atom is 0.420 e. The molecule has 1 aromatic rings. The molecular weight excluding hydrogens is 299 g/mol. The van der Waals surface area contributed by atoms with Crippen molar-refractivity contribution in [3.63, 3.8) is 0 Å². The zero-order valence-corrected chi connectivity index (χ0v) is 12.3. The fraction of sp³-hybridized carbons (Fsp3) is 0.357. The summed E-state index contributed by atoms with van der Waals surface area (Å²) in [6, 6.07) is 0.571. The number of aromatic hydroxyl groups is 1. The number of carbonyl (C=O) groups excluding carboxylic acids is 1. The second-order valence-corrected chi connectivity index (χ2v) is 4.57. The second kappa shape index (κ2) is 7.06. The van der Waals surface area contributed by atoms with Crippen molar-refractivity contribution in [3.05, 3.63) is 29.6 Å². The summed E-state index contributed by atoms with van der Waals surface area (Å²) >= 11 is 0. The van der Waals surface area contributed by atoms with Gasteiger partial charge in [0.15, 0.2) is 0 Å². The third-order valence-electron chi connectivity index (χ3n) is 2.78. The topological polar surface area (TPSA) is 74.6 Å². The van der Waals surface area contributed by atoms with E-state index in [4.69, 9.17) is 5.11 Å². The monoisotopic (exact) mass is 315 g/mol. The predicted molar refractivity (Wildman–Crippen MR) is 76.7 cm³/mol. The molecule has 0 aliphatic carbocycles. The van der Waals surface area contributed by atoms with Crippen molar-refractivity contribution in [1.29, 1.82) is 0 Å². The van der Waals surface area contributed by atoms with Gasteiger partial charge in [-0.1, -0.05) is 6.92 Å². The van der Waals surface area contributed by atoms with Crippen LogP contribution in [-0.2, 0) is 11.0 Å². The number of nitrogens with zero attached hydrogens (tertiary/aromatic N) is 2. The molecule has 0 aromatic carbocycles. The van der Waals surface area contributed by atoms with Crippen LogP contribution in [0.1, 0.15) is 32.8 Å². The Labute approximate surface area is 125 Å². The molecule has 0 aliphatic rings. The molecule has 120 valence electrons. The first kappa shape index (κ1) is 17.7. The van der Waals surface area contributed by atoms with E-state index >= 15 is 0 Å². The van der Waals surface area contributed by atoms with Gasteiger partial charge in [0, 0.05) is 17.5 Å². The molecule has 0 radical (unpaired) electrons. The summed E-state index contributed by atoms with van der Waals surface area (Å²) in [7, 11) is 0. The van der Waals surface area contributed by atoms with Gasteiger partial charge in [-0.2, -0.15) is 13.2 Å². The Kier molecular flexibility index (Phi) is 5.67. The lowest BCUT2D eigenvalue weighted by molar-refractivity contribution is -0.138. The average molecular weight is 315 g/mol. The van der Waals surface area contributed by atoms with Crippen molar-refractivity contribution in [2.24, 2.45) is 4.99 Å². The number of aromatic nitrogens is 1. The van der Waals surface area contributed by atoms with Crippen molar-refractivity contribution >= 4 is 17.4 Å². The van der Waals surface area contributed by atoms with Gasteiger partial charge in [-0.3, -0.25) is 9.79 Å². The molecule has 1 rings (SSSR count). The van der Waals surface area contributed by atoms with Crippen molar-refractivity contribution in [2.45, 2.75) is 33.4 Å². The van der Waals surface area contributed by atoms with Crippen LogP contribution in [-0.4, -0.2) is 21.7 Å². The number of alkyl halides is 3. The Morgan fingerprint density at radius 1 is 1.45 bits per heavy atom. The first-order valence-electron chi connectivity index (χ1n) is 6.42. The maximum absolute atomic E-state index is 12.6. The third-order valence-corrected chi connectivity index (χ3v) is 2.78. The van der Waals surface area contributed by atoms with Crippen LogP contribution in [0.5, 0.6) is 5.75 Å². The Morgan fingerprint density at radius 2 is 2.09 bits per heavy atom. The summed E-state index contributed by atoms with van der Waals surface area (Å²) in [6.45, 7) is 5.17. The zero-order valence-electron chi connectivity index (χ0n) is 12.3. The number of aliphatic imine (C=N–C) groups is 1. The molecule has 0 atom stereocenters. The van der Waals surface area contributed by atoms with E-state index in [1.807, 2.05) is 6.92 Å². The minimum atomic E-state index is -4.74. The van der Waals surface area contributed by atoms with Gasteiger partial charge >= 0.3 is 6.18 Å². The minimum Gasteiger partial charge on any atom is -0.506 e. The normalized spacial score (nSPS) is 13.2. The van der Waals surface area contributed by atoms with Crippen LogP contribution >= 0.6 is 0 Å². The van der Waals surface area contributed by atoms with Gasteiger partial charge in [0.05, 0.1) is 6.20 Å². The van der Waals surface area contributed by atoms with Crippen LogP contribution in [0.3, 0.4) is 0 Å². The lowest BCUT2D eigenvalue weighted by atomic mass is 10.2. The first-order chi connectivity index (χ1) is 10.1. The summed E-state index contributed by atoms with van der Waals surface area (Å²) in [5, 5.41) is 11.4. The zero-order chi connectivity index (χ0) is 16.9. The van der Waals surface area contributed by atoms with E-state index in [0.29, 0.717) is 12.3 Å². The molecule has 22 heavy (non-hydrogen) atoms. The second-order valence-electron chi connectivity index (χ2n) is 4.57. The highest BCUT2D eigenvalue weighted by Gasteiger charge is 2.34. The number of rotatable bonds is 4. The Balaban J connectivity index is 2.94. The number of hydrogen-bond acceptors (Lipinski definition) is 4. The molecule has 0 saturated heterocycles. The third kappa shape index (κ3) is 4.87. The van der Waals surface area contributed by atoms with Gasteiger partial charge in [0.25, 0.3) is 5.91 Å². The van der Waals surface area contributed by atoms with Gasteiger partial charge in [-0.05, 0) is 26.3 Å². The summed E-state index contributed by atoms with van der Waals surface area (Å²) in [4.78, 5) is 19.4. The minimum absolute atomic E-state index is 0.219.